The minimum absolute atomic E-state index is 0.0458. The first-order valence-electron chi connectivity index (χ1n) is 9.24. The molecule has 0 aromatic heterocycles. The molecule has 1 heterocycles. The van der Waals surface area contributed by atoms with Gasteiger partial charge in [0.1, 0.15) is 6.54 Å². The lowest BCUT2D eigenvalue weighted by Gasteiger charge is -2.16. The van der Waals surface area contributed by atoms with Gasteiger partial charge in [-0.3, -0.25) is 19.3 Å². The van der Waals surface area contributed by atoms with Gasteiger partial charge in [0.15, 0.2) is 11.5 Å². The predicted octanol–water partition coefficient (Wildman–Crippen LogP) is 3.86. The van der Waals surface area contributed by atoms with Crippen molar-refractivity contribution >= 4 is 35.0 Å². The predicted molar refractivity (Wildman–Crippen MR) is 107 cm³/mol. The highest BCUT2D eigenvalue weighted by Gasteiger charge is 2.36. The van der Waals surface area contributed by atoms with E-state index in [9.17, 15) is 14.4 Å². The van der Waals surface area contributed by atoms with E-state index in [2.05, 4.69) is 0 Å². The van der Waals surface area contributed by atoms with Gasteiger partial charge in [-0.2, -0.15) is 0 Å². The lowest BCUT2D eigenvalue weighted by atomic mass is 10.1. The number of carbonyl (C=O) groups is 3. The van der Waals surface area contributed by atoms with Crippen LogP contribution in [-0.4, -0.2) is 47.9 Å². The van der Waals surface area contributed by atoms with Gasteiger partial charge in [0.25, 0.3) is 11.1 Å². The Morgan fingerprint density at radius 3 is 2.57 bits per heavy atom. The van der Waals surface area contributed by atoms with Crippen molar-refractivity contribution in [1.82, 2.24) is 4.90 Å². The molecule has 0 saturated carbocycles. The van der Waals surface area contributed by atoms with E-state index in [1.807, 2.05) is 20.8 Å². The molecule has 1 aromatic rings. The molecular formula is C20H25NO6S. The van der Waals surface area contributed by atoms with E-state index >= 15 is 0 Å². The number of hydrogen-bond donors (Lipinski definition) is 0. The molecule has 1 aromatic carbocycles. The van der Waals surface area contributed by atoms with Crippen molar-refractivity contribution in [3.8, 4) is 11.5 Å². The van der Waals surface area contributed by atoms with E-state index in [0.29, 0.717) is 23.7 Å². The van der Waals surface area contributed by atoms with Crippen LogP contribution in [0, 0.1) is 0 Å². The van der Waals surface area contributed by atoms with Crippen LogP contribution < -0.4 is 9.47 Å². The highest BCUT2D eigenvalue weighted by molar-refractivity contribution is 8.18. The molecule has 7 nitrogen and oxygen atoms in total. The normalized spacial score (nSPS) is 16.4. The summed E-state index contributed by atoms with van der Waals surface area (Å²) in [7, 11) is 0. The fourth-order valence-electron chi connectivity index (χ4n) is 2.40. The Balaban J connectivity index is 2.22. The van der Waals surface area contributed by atoms with E-state index in [1.165, 1.54) is 0 Å². The molecule has 8 heteroatoms. The minimum atomic E-state index is -0.615. The number of nitrogens with zero attached hydrogens (tertiary/aromatic N) is 1. The van der Waals surface area contributed by atoms with Crippen molar-refractivity contribution in [2.45, 2.75) is 40.2 Å². The molecule has 1 aliphatic heterocycles. The van der Waals surface area contributed by atoms with Gasteiger partial charge in [-0.05, 0) is 62.7 Å². The lowest BCUT2D eigenvalue weighted by Crippen LogP contribution is -2.34. The first kappa shape index (κ1) is 21.8. The second kappa shape index (κ2) is 10.2. The summed E-state index contributed by atoms with van der Waals surface area (Å²) in [5.74, 6) is 0.0724. The summed E-state index contributed by atoms with van der Waals surface area (Å²) in [5.41, 5.74) is 0.696. The molecule has 0 N–H and O–H groups in total. The quantitative estimate of drug-likeness (QED) is 0.454. The topological polar surface area (TPSA) is 82.1 Å². The number of benzene rings is 1. The summed E-state index contributed by atoms with van der Waals surface area (Å²) in [6.07, 6.45) is 2.51. The highest BCUT2D eigenvalue weighted by Crippen LogP contribution is 2.35. The third-order valence-electron chi connectivity index (χ3n) is 3.93. The lowest BCUT2D eigenvalue weighted by molar-refractivity contribution is -0.145. The SMILES string of the molecule is CCOC(=O)CN1C(=O)S/C(=C/c2ccc(O[C@@H](C)CC)c(OCC)c2)C1=O. The van der Waals surface area contributed by atoms with E-state index in [-0.39, 0.29) is 24.2 Å². The van der Waals surface area contributed by atoms with Gasteiger partial charge in [0.05, 0.1) is 24.2 Å². The monoisotopic (exact) mass is 407 g/mol. The second-order valence-electron chi connectivity index (χ2n) is 6.05. The molecule has 0 unspecified atom stereocenters. The van der Waals surface area contributed by atoms with Crippen molar-refractivity contribution < 1.29 is 28.6 Å². The van der Waals surface area contributed by atoms with E-state index in [0.717, 1.165) is 23.1 Å². The highest BCUT2D eigenvalue weighted by atomic mass is 32.2. The van der Waals surface area contributed by atoms with Crippen molar-refractivity contribution in [2.75, 3.05) is 19.8 Å². The third-order valence-corrected chi connectivity index (χ3v) is 4.84. The van der Waals surface area contributed by atoms with Crippen LogP contribution in [0.3, 0.4) is 0 Å². The maximum Gasteiger partial charge on any atom is 0.326 e. The van der Waals surface area contributed by atoms with Gasteiger partial charge < -0.3 is 14.2 Å². The first-order chi connectivity index (χ1) is 13.4. The Morgan fingerprint density at radius 1 is 1.18 bits per heavy atom. The molecule has 2 rings (SSSR count). The fraction of sp³-hybridized carbons (Fsp3) is 0.450. The Morgan fingerprint density at radius 2 is 1.93 bits per heavy atom. The molecule has 28 heavy (non-hydrogen) atoms. The van der Waals surface area contributed by atoms with Crippen LogP contribution in [0.15, 0.2) is 23.1 Å². The van der Waals surface area contributed by atoms with Crippen LogP contribution in [0.2, 0.25) is 0 Å². The van der Waals surface area contributed by atoms with Crippen LogP contribution in [-0.2, 0) is 14.3 Å². The minimum Gasteiger partial charge on any atom is -0.490 e. The zero-order chi connectivity index (χ0) is 20.7. The molecular weight excluding hydrogens is 382 g/mol. The number of rotatable bonds is 9. The molecule has 1 atom stereocenters. The van der Waals surface area contributed by atoms with Crippen LogP contribution in [0.4, 0.5) is 4.79 Å². The number of imide groups is 1. The van der Waals surface area contributed by atoms with Crippen molar-refractivity contribution in [1.29, 1.82) is 0 Å². The maximum absolute atomic E-state index is 12.5. The first-order valence-corrected chi connectivity index (χ1v) is 10.1. The second-order valence-corrected chi connectivity index (χ2v) is 7.04. The maximum atomic E-state index is 12.5. The summed E-state index contributed by atoms with van der Waals surface area (Å²) < 4.78 is 16.3. The van der Waals surface area contributed by atoms with Crippen molar-refractivity contribution in [2.24, 2.45) is 0 Å². The van der Waals surface area contributed by atoms with Crippen molar-refractivity contribution in [3.63, 3.8) is 0 Å². The number of hydrogen-bond acceptors (Lipinski definition) is 7. The molecule has 1 aliphatic rings. The van der Waals surface area contributed by atoms with Crippen molar-refractivity contribution in [3.05, 3.63) is 28.7 Å². The summed E-state index contributed by atoms with van der Waals surface area (Å²) >= 11 is 0.793. The number of amides is 2. The number of ether oxygens (including phenoxy) is 3. The van der Waals surface area contributed by atoms with Crippen LogP contribution >= 0.6 is 11.8 Å². The smallest absolute Gasteiger partial charge is 0.326 e. The summed E-state index contributed by atoms with van der Waals surface area (Å²) in [6.45, 7) is 7.82. The molecule has 0 bridgehead atoms. The van der Waals surface area contributed by atoms with Gasteiger partial charge >= 0.3 is 5.97 Å². The standard InChI is InChI=1S/C20H25NO6S/c1-5-13(4)27-15-9-8-14(10-16(15)25-6-2)11-17-19(23)21(20(24)28-17)12-18(22)26-7-3/h8-11,13H,5-7,12H2,1-4H3/b17-11+/t13-/m0/s1. The van der Waals surface area contributed by atoms with Crippen LogP contribution in [0.5, 0.6) is 11.5 Å². The van der Waals surface area contributed by atoms with Crippen LogP contribution in [0.1, 0.15) is 39.7 Å². The molecule has 0 radical (unpaired) electrons. The van der Waals surface area contributed by atoms with Gasteiger partial charge in [-0.25, -0.2) is 0 Å². The average molecular weight is 407 g/mol. The number of esters is 1. The molecule has 152 valence electrons. The molecule has 0 spiro atoms. The van der Waals surface area contributed by atoms with E-state index in [1.54, 1.807) is 31.2 Å². The van der Waals surface area contributed by atoms with Gasteiger partial charge in [-0.1, -0.05) is 13.0 Å². The van der Waals surface area contributed by atoms with Gasteiger partial charge in [-0.15, -0.1) is 0 Å². The largest absolute Gasteiger partial charge is 0.490 e. The Bertz CT molecular complexity index is 776. The zero-order valence-corrected chi connectivity index (χ0v) is 17.3. The molecule has 1 saturated heterocycles. The average Bonchev–Trinajstić information content (AvgIpc) is 2.91. The van der Waals surface area contributed by atoms with E-state index in [4.69, 9.17) is 14.2 Å². The number of thioether (sulfide) groups is 1. The summed E-state index contributed by atoms with van der Waals surface area (Å²) in [6, 6.07) is 5.34. The third kappa shape index (κ3) is 5.51. The van der Waals surface area contributed by atoms with E-state index < -0.39 is 17.1 Å². The summed E-state index contributed by atoms with van der Waals surface area (Å²) in [5, 5.41) is -0.494. The molecule has 1 fully saturated rings. The Hall–Kier alpha value is -2.48. The van der Waals surface area contributed by atoms with Gasteiger partial charge in [0.2, 0.25) is 0 Å². The fourth-order valence-corrected chi connectivity index (χ4v) is 3.24. The number of carbonyl (C=O) groups excluding carboxylic acids is 3. The Labute approximate surface area is 169 Å². The molecule has 0 aliphatic carbocycles. The Kier molecular flexibility index (Phi) is 7.92. The summed E-state index contributed by atoms with van der Waals surface area (Å²) in [4.78, 5) is 37.3. The van der Waals surface area contributed by atoms with Crippen LogP contribution in [0.25, 0.3) is 6.08 Å². The molecule has 2 amide bonds. The van der Waals surface area contributed by atoms with Gasteiger partial charge in [0, 0.05) is 0 Å². The zero-order valence-electron chi connectivity index (χ0n) is 16.5.